The summed E-state index contributed by atoms with van der Waals surface area (Å²) in [6.45, 7) is 8.10. The van der Waals surface area contributed by atoms with Crippen molar-refractivity contribution < 1.29 is 19.4 Å². The van der Waals surface area contributed by atoms with Gasteiger partial charge >= 0.3 is 6.09 Å². The number of piperidine rings is 1. The van der Waals surface area contributed by atoms with Crippen LogP contribution in [-0.4, -0.2) is 70.8 Å². The van der Waals surface area contributed by atoms with Gasteiger partial charge in [-0.05, 0) is 19.3 Å². The second kappa shape index (κ2) is 7.05. The summed E-state index contributed by atoms with van der Waals surface area (Å²) in [4.78, 5) is 27.7. The van der Waals surface area contributed by atoms with Gasteiger partial charge < -0.3 is 25.4 Å². The predicted molar refractivity (Wildman–Crippen MR) is 85.7 cm³/mol. The summed E-state index contributed by atoms with van der Waals surface area (Å²) in [5.41, 5.74) is 5.24. The number of ether oxygens (including phenoxy) is 1. The Morgan fingerprint density at radius 2 is 1.96 bits per heavy atom. The van der Waals surface area contributed by atoms with Crippen LogP contribution in [0.1, 0.15) is 40.0 Å². The van der Waals surface area contributed by atoms with Gasteiger partial charge in [0.2, 0.25) is 5.91 Å². The SMILES string of the molecule is CC(C)CCN1CC2(CCN(C(=O)[C@@H](N)[C@@H](C)O)CC2)OC1=O. The molecule has 7 heteroatoms. The van der Waals surface area contributed by atoms with Gasteiger partial charge in [0, 0.05) is 32.5 Å². The minimum atomic E-state index is -0.891. The highest BCUT2D eigenvalue weighted by Gasteiger charge is 2.47. The Morgan fingerprint density at radius 1 is 1.35 bits per heavy atom. The van der Waals surface area contributed by atoms with E-state index in [-0.39, 0.29) is 12.0 Å². The number of aliphatic hydroxyl groups is 1. The van der Waals surface area contributed by atoms with E-state index in [0.717, 1.165) is 6.42 Å². The standard InChI is InChI=1S/C16H29N3O4/c1-11(2)4-7-19-10-16(23-15(19)22)5-8-18(9-6-16)14(21)13(17)12(3)20/h11-13,20H,4-10,17H2,1-3H3/t12-,13+/m1/s1. The molecule has 23 heavy (non-hydrogen) atoms. The molecule has 2 aliphatic heterocycles. The zero-order chi connectivity index (χ0) is 17.2. The first kappa shape index (κ1) is 18.0. The van der Waals surface area contributed by atoms with E-state index in [1.54, 1.807) is 9.80 Å². The van der Waals surface area contributed by atoms with Crippen molar-refractivity contribution in [2.24, 2.45) is 11.7 Å². The van der Waals surface area contributed by atoms with Gasteiger partial charge in [-0.25, -0.2) is 4.79 Å². The average molecular weight is 327 g/mol. The van der Waals surface area contributed by atoms with Crippen molar-refractivity contribution >= 4 is 12.0 Å². The first-order valence-corrected chi connectivity index (χ1v) is 8.44. The lowest BCUT2D eigenvalue weighted by atomic mass is 9.90. The number of hydrogen-bond donors (Lipinski definition) is 2. The maximum atomic E-state index is 12.2. The predicted octanol–water partition coefficient (Wildman–Crippen LogP) is 0.554. The van der Waals surface area contributed by atoms with Gasteiger partial charge in [-0.3, -0.25) is 4.79 Å². The lowest BCUT2D eigenvalue weighted by molar-refractivity contribution is -0.138. The van der Waals surface area contributed by atoms with Crippen LogP contribution < -0.4 is 5.73 Å². The molecule has 0 saturated carbocycles. The molecule has 0 radical (unpaired) electrons. The molecule has 0 unspecified atom stereocenters. The lowest BCUT2D eigenvalue weighted by Crippen LogP contribution is -2.55. The Balaban J connectivity index is 1.89. The molecule has 0 aromatic rings. The first-order valence-electron chi connectivity index (χ1n) is 8.44. The third-order valence-corrected chi connectivity index (χ3v) is 4.81. The van der Waals surface area contributed by atoms with Crippen LogP contribution in [0.3, 0.4) is 0 Å². The molecule has 2 fully saturated rings. The first-order chi connectivity index (χ1) is 10.7. The highest BCUT2D eigenvalue weighted by Crippen LogP contribution is 2.33. The molecule has 2 saturated heterocycles. The molecule has 132 valence electrons. The van der Waals surface area contributed by atoms with Gasteiger partial charge in [0.05, 0.1) is 12.6 Å². The zero-order valence-corrected chi connectivity index (χ0v) is 14.3. The maximum Gasteiger partial charge on any atom is 0.410 e. The molecule has 2 heterocycles. The summed E-state index contributed by atoms with van der Waals surface area (Å²) < 4.78 is 5.64. The van der Waals surface area contributed by atoms with Crippen LogP contribution in [0.4, 0.5) is 4.79 Å². The summed E-state index contributed by atoms with van der Waals surface area (Å²) in [6.07, 6.45) is 1.09. The molecule has 2 rings (SSSR count). The molecule has 1 spiro atoms. The van der Waals surface area contributed by atoms with Crippen molar-refractivity contribution in [2.75, 3.05) is 26.2 Å². The number of amides is 2. The van der Waals surface area contributed by atoms with Crippen molar-refractivity contribution in [3.05, 3.63) is 0 Å². The quantitative estimate of drug-likeness (QED) is 0.769. The monoisotopic (exact) mass is 327 g/mol. The summed E-state index contributed by atoms with van der Waals surface area (Å²) in [6, 6.07) is -0.891. The van der Waals surface area contributed by atoms with Crippen LogP contribution in [0.25, 0.3) is 0 Å². The van der Waals surface area contributed by atoms with Crippen molar-refractivity contribution in [2.45, 2.75) is 57.8 Å². The smallest absolute Gasteiger partial charge is 0.410 e. The van der Waals surface area contributed by atoms with Gasteiger partial charge in [0.1, 0.15) is 11.6 Å². The number of aliphatic hydroxyl groups excluding tert-OH is 1. The van der Waals surface area contributed by atoms with Gasteiger partial charge in [-0.2, -0.15) is 0 Å². The third kappa shape index (κ3) is 4.14. The Morgan fingerprint density at radius 3 is 2.48 bits per heavy atom. The number of likely N-dealkylation sites (tertiary alicyclic amines) is 1. The molecule has 2 atom stereocenters. The molecule has 2 amide bonds. The van der Waals surface area contributed by atoms with Crippen molar-refractivity contribution in [1.29, 1.82) is 0 Å². The second-order valence-corrected chi connectivity index (χ2v) is 7.25. The number of rotatable bonds is 5. The zero-order valence-electron chi connectivity index (χ0n) is 14.3. The molecule has 0 aromatic carbocycles. The maximum absolute atomic E-state index is 12.2. The van der Waals surface area contributed by atoms with E-state index in [0.29, 0.717) is 44.9 Å². The summed E-state index contributed by atoms with van der Waals surface area (Å²) in [5, 5.41) is 9.45. The Kier molecular flexibility index (Phi) is 5.52. The molecule has 0 aliphatic carbocycles. The number of carbonyl (C=O) groups excluding carboxylic acids is 2. The molecule has 3 N–H and O–H groups in total. The van der Waals surface area contributed by atoms with Crippen LogP contribution in [0.15, 0.2) is 0 Å². The Bertz CT molecular complexity index is 445. The van der Waals surface area contributed by atoms with E-state index in [1.165, 1.54) is 6.92 Å². The fourth-order valence-corrected chi connectivity index (χ4v) is 3.09. The highest BCUT2D eigenvalue weighted by atomic mass is 16.6. The van der Waals surface area contributed by atoms with Crippen LogP contribution in [0.2, 0.25) is 0 Å². The topological polar surface area (TPSA) is 96.1 Å². The molecule has 7 nitrogen and oxygen atoms in total. The lowest BCUT2D eigenvalue weighted by Gasteiger charge is -2.38. The van der Waals surface area contributed by atoms with Gasteiger partial charge in [0.25, 0.3) is 0 Å². The third-order valence-electron chi connectivity index (χ3n) is 4.81. The Hall–Kier alpha value is -1.34. The van der Waals surface area contributed by atoms with E-state index < -0.39 is 17.7 Å². The van der Waals surface area contributed by atoms with Crippen molar-refractivity contribution in [3.8, 4) is 0 Å². The fourth-order valence-electron chi connectivity index (χ4n) is 3.09. The summed E-state index contributed by atoms with van der Waals surface area (Å²) >= 11 is 0. The van der Waals surface area contributed by atoms with Crippen LogP contribution in [-0.2, 0) is 9.53 Å². The summed E-state index contributed by atoms with van der Waals surface area (Å²) in [5.74, 6) is 0.302. The second-order valence-electron chi connectivity index (χ2n) is 7.25. The summed E-state index contributed by atoms with van der Waals surface area (Å²) in [7, 11) is 0. The molecular weight excluding hydrogens is 298 g/mol. The van der Waals surface area contributed by atoms with E-state index in [4.69, 9.17) is 10.5 Å². The van der Waals surface area contributed by atoms with Crippen molar-refractivity contribution in [3.63, 3.8) is 0 Å². The van der Waals surface area contributed by atoms with E-state index in [1.807, 2.05) is 0 Å². The van der Waals surface area contributed by atoms with Crippen LogP contribution in [0, 0.1) is 5.92 Å². The largest absolute Gasteiger partial charge is 0.441 e. The molecule has 2 aliphatic rings. The minimum absolute atomic E-state index is 0.240. The van der Waals surface area contributed by atoms with Gasteiger partial charge in [0.15, 0.2) is 0 Å². The number of nitrogens with two attached hydrogens (primary N) is 1. The van der Waals surface area contributed by atoms with E-state index in [9.17, 15) is 14.7 Å². The molecular formula is C16H29N3O4. The van der Waals surface area contributed by atoms with Gasteiger partial charge in [-0.1, -0.05) is 13.8 Å². The highest BCUT2D eigenvalue weighted by molar-refractivity contribution is 5.82. The number of hydrogen-bond acceptors (Lipinski definition) is 5. The molecule has 0 bridgehead atoms. The Labute approximate surface area is 137 Å². The van der Waals surface area contributed by atoms with Crippen molar-refractivity contribution in [1.82, 2.24) is 9.80 Å². The fraction of sp³-hybridized carbons (Fsp3) is 0.875. The normalized spacial score (nSPS) is 23.3. The van der Waals surface area contributed by atoms with Gasteiger partial charge in [-0.15, -0.1) is 0 Å². The van der Waals surface area contributed by atoms with E-state index in [2.05, 4.69) is 13.8 Å². The number of nitrogens with zero attached hydrogens (tertiary/aromatic N) is 2. The molecule has 0 aromatic heterocycles. The minimum Gasteiger partial charge on any atom is -0.441 e. The number of carbonyl (C=O) groups is 2. The van der Waals surface area contributed by atoms with Crippen LogP contribution >= 0.6 is 0 Å². The van der Waals surface area contributed by atoms with Crippen LogP contribution in [0.5, 0.6) is 0 Å². The van der Waals surface area contributed by atoms with E-state index >= 15 is 0 Å². The average Bonchev–Trinajstić information content (AvgIpc) is 2.80.